The predicted octanol–water partition coefficient (Wildman–Crippen LogP) is 1.57. The Hall–Kier alpha value is -1.07. The topological polar surface area (TPSA) is 64.1 Å². The summed E-state index contributed by atoms with van der Waals surface area (Å²) in [6.07, 6.45) is 1.42. The molecule has 1 N–H and O–H groups in total. The number of rotatable bonds is 6. The maximum atomic E-state index is 12.1. The fraction of sp³-hybridized carbons (Fsp3) is 0.667. The van der Waals surface area contributed by atoms with Crippen LogP contribution in [0.5, 0.6) is 0 Å². The zero-order valence-corrected chi connectivity index (χ0v) is 11.7. The van der Waals surface area contributed by atoms with Crippen molar-refractivity contribution in [2.75, 3.05) is 6.61 Å². The Balaban J connectivity index is 3.00. The molecule has 0 atom stereocenters. The third-order valence-corrected chi connectivity index (χ3v) is 2.82. The summed E-state index contributed by atoms with van der Waals surface area (Å²) in [5.41, 5.74) is -0.349. The highest BCUT2D eigenvalue weighted by Crippen LogP contribution is 2.07. The fourth-order valence-electron chi connectivity index (χ4n) is 1.64. The van der Waals surface area contributed by atoms with E-state index >= 15 is 0 Å². The van der Waals surface area contributed by atoms with Crippen LogP contribution in [0.4, 0.5) is 0 Å². The molecule has 0 saturated heterocycles. The number of aromatic amines is 1. The summed E-state index contributed by atoms with van der Waals surface area (Å²) in [6, 6.07) is 0. The standard InChI is InChI=1S/C12H19ClN2O3/c1-4-5-9-10(13)14-12(17)15(11(9)16)6-7-18-8(2)3/h8H,4-7H2,1-3H3,(H,14,17). The second kappa shape index (κ2) is 6.75. The molecule has 0 radical (unpaired) electrons. The van der Waals surface area contributed by atoms with Gasteiger partial charge in [0.15, 0.2) is 0 Å². The normalized spacial score (nSPS) is 11.2. The number of hydrogen-bond donors (Lipinski definition) is 1. The number of aromatic nitrogens is 2. The van der Waals surface area contributed by atoms with Crippen LogP contribution in [-0.2, 0) is 17.7 Å². The molecule has 1 heterocycles. The van der Waals surface area contributed by atoms with E-state index in [-0.39, 0.29) is 23.4 Å². The van der Waals surface area contributed by atoms with Gasteiger partial charge in [-0.3, -0.25) is 14.3 Å². The Bertz CT molecular complexity index is 505. The van der Waals surface area contributed by atoms with Crippen LogP contribution in [-0.4, -0.2) is 22.3 Å². The molecule has 18 heavy (non-hydrogen) atoms. The molecule has 0 aliphatic carbocycles. The largest absolute Gasteiger partial charge is 0.377 e. The van der Waals surface area contributed by atoms with Crippen LogP contribution in [0, 0.1) is 0 Å². The van der Waals surface area contributed by atoms with Crippen LogP contribution in [0.1, 0.15) is 32.8 Å². The van der Waals surface area contributed by atoms with E-state index in [2.05, 4.69) is 4.98 Å². The Morgan fingerprint density at radius 1 is 1.39 bits per heavy atom. The minimum Gasteiger partial charge on any atom is -0.377 e. The van der Waals surface area contributed by atoms with Crippen LogP contribution >= 0.6 is 11.6 Å². The molecular weight excluding hydrogens is 256 g/mol. The number of hydrogen-bond acceptors (Lipinski definition) is 3. The van der Waals surface area contributed by atoms with Gasteiger partial charge in [-0.2, -0.15) is 0 Å². The van der Waals surface area contributed by atoms with Crippen LogP contribution in [0.3, 0.4) is 0 Å². The molecule has 1 aromatic rings. The van der Waals surface area contributed by atoms with Crippen LogP contribution in [0.15, 0.2) is 9.59 Å². The Morgan fingerprint density at radius 2 is 2.06 bits per heavy atom. The molecule has 1 rings (SSSR count). The zero-order chi connectivity index (χ0) is 13.7. The first-order valence-corrected chi connectivity index (χ1v) is 6.48. The highest BCUT2D eigenvalue weighted by atomic mass is 35.5. The van der Waals surface area contributed by atoms with Gasteiger partial charge in [0.1, 0.15) is 5.15 Å². The summed E-state index contributed by atoms with van der Waals surface area (Å²) < 4.78 is 6.48. The van der Waals surface area contributed by atoms with Crippen molar-refractivity contribution in [1.82, 2.24) is 9.55 Å². The summed E-state index contributed by atoms with van der Waals surface area (Å²) >= 11 is 5.87. The van der Waals surface area contributed by atoms with Gasteiger partial charge in [-0.25, -0.2) is 4.79 Å². The number of nitrogens with one attached hydrogen (secondary N) is 1. The van der Waals surface area contributed by atoms with Crippen molar-refractivity contribution in [3.8, 4) is 0 Å². The van der Waals surface area contributed by atoms with Crippen LogP contribution < -0.4 is 11.2 Å². The average Bonchev–Trinajstić information content (AvgIpc) is 2.28. The number of halogens is 1. The van der Waals surface area contributed by atoms with Gasteiger partial charge >= 0.3 is 5.69 Å². The minimum atomic E-state index is -0.489. The molecule has 0 bridgehead atoms. The van der Waals surface area contributed by atoms with Gasteiger partial charge in [0.2, 0.25) is 0 Å². The SMILES string of the molecule is CCCc1c(Cl)[nH]c(=O)n(CCOC(C)C)c1=O. The molecule has 6 heteroatoms. The van der Waals surface area contributed by atoms with E-state index in [9.17, 15) is 9.59 Å². The van der Waals surface area contributed by atoms with E-state index in [0.29, 0.717) is 18.6 Å². The Morgan fingerprint density at radius 3 is 2.61 bits per heavy atom. The molecule has 0 saturated carbocycles. The maximum absolute atomic E-state index is 12.1. The molecule has 0 aromatic carbocycles. The predicted molar refractivity (Wildman–Crippen MR) is 71.4 cm³/mol. The Labute approximate surface area is 111 Å². The monoisotopic (exact) mass is 274 g/mol. The van der Waals surface area contributed by atoms with E-state index in [1.165, 1.54) is 0 Å². The van der Waals surface area contributed by atoms with Crippen LogP contribution in [0.2, 0.25) is 5.15 Å². The second-order valence-electron chi connectivity index (χ2n) is 4.35. The average molecular weight is 275 g/mol. The molecule has 0 amide bonds. The number of nitrogens with zero attached hydrogens (tertiary/aromatic N) is 1. The molecular formula is C12H19ClN2O3. The van der Waals surface area contributed by atoms with Gasteiger partial charge < -0.3 is 4.74 Å². The highest BCUT2D eigenvalue weighted by molar-refractivity contribution is 6.30. The second-order valence-corrected chi connectivity index (χ2v) is 4.73. The van der Waals surface area contributed by atoms with Crippen molar-refractivity contribution in [1.29, 1.82) is 0 Å². The summed E-state index contributed by atoms with van der Waals surface area (Å²) in [4.78, 5) is 26.2. The van der Waals surface area contributed by atoms with Crippen molar-refractivity contribution in [3.05, 3.63) is 31.6 Å². The summed E-state index contributed by atoms with van der Waals surface area (Å²) in [7, 11) is 0. The van der Waals surface area contributed by atoms with E-state index < -0.39 is 5.69 Å². The maximum Gasteiger partial charge on any atom is 0.329 e. The third kappa shape index (κ3) is 3.71. The van der Waals surface area contributed by atoms with E-state index in [4.69, 9.17) is 16.3 Å². The van der Waals surface area contributed by atoms with Crippen LogP contribution in [0.25, 0.3) is 0 Å². The molecule has 1 aromatic heterocycles. The van der Waals surface area contributed by atoms with Crippen molar-refractivity contribution in [2.45, 2.75) is 46.3 Å². The molecule has 0 aliphatic heterocycles. The summed E-state index contributed by atoms with van der Waals surface area (Å²) in [5.74, 6) is 0. The van der Waals surface area contributed by atoms with Gasteiger partial charge in [0, 0.05) is 0 Å². The first kappa shape index (κ1) is 15.0. The molecule has 102 valence electrons. The lowest BCUT2D eigenvalue weighted by molar-refractivity contribution is 0.0715. The lowest BCUT2D eigenvalue weighted by atomic mass is 10.2. The zero-order valence-electron chi connectivity index (χ0n) is 11.0. The molecule has 0 aliphatic rings. The molecule has 0 unspecified atom stereocenters. The summed E-state index contributed by atoms with van der Waals surface area (Å²) in [5, 5.41) is 0.146. The van der Waals surface area contributed by atoms with E-state index in [1.807, 2.05) is 20.8 Å². The number of H-pyrrole nitrogens is 1. The van der Waals surface area contributed by atoms with E-state index in [1.54, 1.807) is 0 Å². The van der Waals surface area contributed by atoms with Gasteiger partial charge in [0.05, 0.1) is 24.8 Å². The first-order valence-electron chi connectivity index (χ1n) is 6.10. The Kier molecular flexibility index (Phi) is 5.62. The smallest absolute Gasteiger partial charge is 0.329 e. The molecule has 5 nitrogen and oxygen atoms in total. The van der Waals surface area contributed by atoms with Crippen molar-refractivity contribution >= 4 is 11.6 Å². The van der Waals surface area contributed by atoms with E-state index in [0.717, 1.165) is 11.0 Å². The fourth-order valence-corrected chi connectivity index (χ4v) is 1.89. The molecule has 0 fully saturated rings. The lowest BCUT2D eigenvalue weighted by Crippen LogP contribution is -2.38. The summed E-state index contributed by atoms with van der Waals surface area (Å²) in [6.45, 7) is 6.32. The highest BCUT2D eigenvalue weighted by Gasteiger charge is 2.11. The minimum absolute atomic E-state index is 0.0715. The van der Waals surface area contributed by atoms with Gasteiger partial charge in [0.25, 0.3) is 5.56 Å². The lowest BCUT2D eigenvalue weighted by Gasteiger charge is -2.10. The van der Waals surface area contributed by atoms with Crippen molar-refractivity contribution in [3.63, 3.8) is 0 Å². The van der Waals surface area contributed by atoms with Crippen molar-refractivity contribution < 1.29 is 4.74 Å². The number of ether oxygens (including phenoxy) is 1. The van der Waals surface area contributed by atoms with Gasteiger partial charge in [-0.05, 0) is 20.3 Å². The quantitative estimate of drug-likeness (QED) is 0.801. The van der Waals surface area contributed by atoms with Crippen molar-refractivity contribution in [2.24, 2.45) is 0 Å². The molecule has 0 spiro atoms. The first-order chi connectivity index (χ1) is 8.47. The third-order valence-electron chi connectivity index (χ3n) is 2.50. The van der Waals surface area contributed by atoms with Gasteiger partial charge in [-0.1, -0.05) is 24.9 Å². The van der Waals surface area contributed by atoms with Gasteiger partial charge in [-0.15, -0.1) is 0 Å².